The zero-order valence-electron chi connectivity index (χ0n) is 18.7. The summed E-state index contributed by atoms with van der Waals surface area (Å²) in [5, 5.41) is 16.5. The number of carboxylic acid groups (broad SMARTS) is 1. The summed E-state index contributed by atoms with van der Waals surface area (Å²) in [7, 11) is 1.87. The van der Waals surface area contributed by atoms with Crippen LogP contribution in [0.2, 0.25) is 0 Å². The molecule has 4 rings (SSSR count). The van der Waals surface area contributed by atoms with Gasteiger partial charge in [0.1, 0.15) is 12.6 Å². The summed E-state index contributed by atoms with van der Waals surface area (Å²) in [6.45, 7) is 2.19. The molecule has 0 saturated carbocycles. The van der Waals surface area contributed by atoms with Crippen LogP contribution in [0.3, 0.4) is 0 Å². The number of nitrogens with zero attached hydrogens (tertiary/aromatic N) is 2. The number of amides is 1. The molecule has 1 heterocycles. The molecule has 0 aliphatic heterocycles. The van der Waals surface area contributed by atoms with E-state index in [4.69, 9.17) is 4.74 Å². The third-order valence-corrected chi connectivity index (χ3v) is 6.93. The molecule has 1 unspecified atom stereocenters. The number of rotatable bonds is 9. The quantitative estimate of drug-likeness (QED) is 0.492. The summed E-state index contributed by atoms with van der Waals surface area (Å²) < 4.78 is 7.29. The highest BCUT2D eigenvalue weighted by Crippen LogP contribution is 2.44. The first-order valence-corrected chi connectivity index (χ1v) is 12.1. The molecular formula is C25H27N3O4S. The lowest BCUT2D eigenvalue weighted by molar-refractivity contribution is -0.138. The molecule has 1 aromatic heterocycles. The van der Waals surface area contributed by atoms with Crippen LogP contribution in [0.4, 0.5) is 4.79 Å². The summed E-state index contributed by atoms with van der Waals surface area (Å²) in [5.41, 5.74) is 6.52. The van der Waals surface area contributed by atoms with Crippen molar-refractivity contribution in [2.24, 2.45) is 7.05 Å². The minimum absolute atomic E-state index is 0.0709. The zero-order chi connectivity index (χ0) is 23.4. The highest BCUT2D eigenvalue weighted by atomic mass is 32.2. The fraction of sp³-hybridized carbons (Fsp3) is 0.320. The third-order valence-electron chi connectivity index (χ3n) is 5.86. The smallest absolute Gasteiger partial charge is 0.407 e. The van der Waals surface area contributed by atoms with Gasteiger partial charge in [0.05, 0.1) is 5.69 Å². The number of thioether (sulfide) groups is 1. The molecule has 3 aromatic rings. The van der Waals surface area contributed by atoms with Crippen LogP contribution in [-0.4, -0.2) is 45.4 Å². The SMILES string of the molecule is CCc1cc(CSCC(NC(=O)OCC2c3ccccc3-c3ccccc32)C(=O)O)n(C)n1. The zero-order valence-corrected chi connectivity index (χ0v) is 19.5. The second kappa shape index (κ2) is 10.1. The second-order valence-electron chi connectivity index (χ2n) is 7.98. The Labute approximate surface area is 197 Å². The van der Waals surface area contributed by atoms with Crippen LogP contribution in [0.15, 0.2) is 54.6 Å². The molecule has 0 bridgehead atoms. The van der Waals surface area contributed by atoms with Gasteiger partial charge in [-0.25, -0.2) is 9.59 Å². The Morgan fingerprint density at radius 1 is 1.15 bits per heavy atom. The van der Waals surface area contributed by atoms with E-state index in [1.165, 1.54) is 11.8 Å². The number of alkyl carbamates (subject to hydrolysis) is 1. The number of nitrogens with one attached hydrogen (secondary N) is 1. The van der Waals surface area contributed by atoms with E-state index in [0.29, 0.717) is 5.75 Å². The largest absolute Gasteiger partial charge is 0.480 e. The molecule has 8 heteroatoms. The van der Waals surface area contributed by atoms with Crippen molar-refractivity contribution in [2.75, 3.05) is 12.4 Å². The maximum atomic E-state index is 12.4. The van der Waals surface area contributed by atoms with E-state index in [1.54, 1.807) is 4.68 Å². The number of hydrogen-bond donors (Lipinski definition) is 2. The first-order chi connectivity index (χ1) is 16.0. The van der Waals surface area contributed by atoms with Gasteiger partial charge in [0.2, 0.25) is 0 Å². The molecule has 1 amide bonds. The lowest BCUT2D eigenvalue weighted by atomic mass is 9.98. The van der Waals surface area contributed by atoms with Crippen LogP contribution in [0.5, 0.6) is 0 Å². The van der Waals surface area contributed by atoms with Gasteiger partial charge in [-0.05, 0) is 34.7 Å². The predicted octanol–water partition coefficient (Wildman–Crippen LogP) is 4.21. The first kappa shape index (κ1) is 22.9. The molecule has 0 fully saturated rings. The summed E-state index contributed by atoms with van der Waals surface area (Å²) in [6, 6.07) is 17.1. The van der Waals surface area contributed by atoms with Crippen molar-refractivity contribution in [1.82, 2.24) is 15.1 Å². The predicted molar refractivity (Wildman–Crippen MR) is 128 cm³/mol. The Hall–Kier alpha value is -3.26. The number of carbonyl (C=O) groups excluding carboxylic acids is 1. The second-order valence-corrected chi connectivity index (χ2v) is 9.01. The number of aryl methyl sites for hydroxylation is 2. The van der Waals surface area contributed by atoms with Crippen molar-refractivity contribution >= 4 is 23.8 Å². The number of fused-ring (bicyclic) bond motifs is 3. The van der Waals surface area contributed by atoms with Crippen molar-refractivity contribution in [2.45, 2.75) is 31.1 Å². The van der Waals surface area contributed by atoms with Crippen molar-refractivity contribution in [3.8, 4) is 11.1 Å². The van der Waals surface area contributed by atoms with Gasteiger partial charge in [0.15, 0.2) is 0 Å². The topological polar surface area (TPSA) is 93.5 Å². The minimum atomic E-state index is -1.09. The maximum absolute atomic E-state index is 12.4. The van der Waals surface area contributed by atoms with Gasteiger partial charge < -0.3 is 15.2 Å². The Kier molecular flexibility index (Phi) is 7.03. The third kappa shape index (κ3) is 5.06. The molecule has 1 atom stereocenters. The average molecular weight is 466 g/mol. The van der Waals surface area contributed by atoms with E-state index in [2.05, 4.69) is 22.5 Å². The number of aromatic nitrogens is 2. The first-order valence-electron chi connectivity index (χ1n) is 10.9. The monoisotopic (exact) mass is 465 g/mol. The Bertz CT molecular complexity index is 1110. The number of hydrogen-bond acceptors (Lipinski definition) is 5. The van der Waals surface area contributed by atoms with Gasteiger partial charge in [-0.2, -0.15) is 16.9 Å². The van der Waals surface area contributed by atoms with Crippen LogP contribution >= 0.6 is 11.8 Å². The van der Waals surface area contributed by atoms with Gasteiger partial charge in [-0.3, -0.25) is 4.68 Å². The van der Waals surface area contributed by atoms with Gasteiger partial charge in [-0.15, -0.1) is 0 Å². The average Bonchev–Trinajstić information content (AvgIpc) is 3.34. The van der Waals surface area contributed by atoms with E-state index in [-0.39, 0.29) is 18.3 Å². The fourth-order valence-electron chi connectivity index (χ4n) is 4.12. The van der Waals surface area contributed by atoms with Crippen molar-refractivity contribution in [1.29, 1.82) is 0 Å². The van der Waals surface area contributed by atoms with E-state index >= 15 is 0 Å². The van der Waals surface area contributed by atoms with Crippen molar-refractivity contribution in [3.05, 3.63) is 77.1 Å². The molecular weight excluding hydrogens is 438 g/mol. The van der Waals surface area contributed by atoms with Gasteiger partial charge in [0.25, 0.3) is 0 Å². The summed E-state index contributed by atoms with van der Waals surface area (Å²) in [6.07, 6.45) is 0.123. The number of ether oxygens (including phenoxy) is 1. The number of aliphatic carboxylic acids is 1. The lowest BCUT2D eigenvalue weighted by Crippen LogP contribution is -2.43. The molecule has 1 aliphatic rings. The van der Waals surface area contributed by atoms with Crippen LogP contribution in [0, 0.1) is 0 Å². The van der Waals surface area contributed by atoms with Crippen LogP contribution < -0.4 is 5.32 Å². The standard InChI is InChI=1S/C25H27N3O4S/c1-3-16-12-17(28(2)27-16)14-33-15-23(24(29)30)26-25(31)32-13-22-20-10-6-4-8-18(20)19-9-5-7-11-21(19)22/h4-12,22-23H,3,13-15H2,1-2H3,(H,26,31)(H,29,30). The van der Waals surface area contributed by atoms with E-state index < -0.39 is 18.1 Å². The number of carbonyl (C=O) groups is 2. The van der Waals surface area contributed by atoms with Crippen LogP contribution in [-0.2, 0) is 28.8 Å². The molecule has 33 heavy (non-hydrogen) atoms. The van der Waals surface area contributed by atoms with Gasteiger partial charge >= 0.3 is 12.1 Å². The van der Waals surface area contributed by atoms with Gasteiger partial charge in [0, 0.05) is 30.2 Å². The Balaban J connectivity index is 1.33. The number of benzene rings is 2. The minimum Gasteiger partial charge on any atom is -0.480 e. The molecule has 2 N–H and O–H groups in total. The van der Waals surface area contributed by atoms with Crippen LogP contribution in [0.25, 0.3) is 11.1 Å². The van der Waals surface area contributed by atoms with Crippen LogP contribution in [0.1, 0.15) is 35.4 Å². The Morgan fingerprint density at radius 3 is 2.36 bits per heavy atom. The van der Waals surface area contributed by atoms with E-state index in [1.807, 2.05) is 56.4 Å². The number of carboxylic acids is 1. The maximum Gasteiger partial charge on any atom is 0.407 e. The Morgan fingerprint density at radius 2 is 1.79 bits per heavy atom. The molecule has 0 radical (unpaired) electrons. The molecule has 172 valence electrons. The summed E-state index contributed by atoms with van der Waals surface area (Å²) in [4.78, 5) is 24.1. The molecule has 1 aliphatic carbocycles. The van der Waals surface area contributed by atoms with Crippen molar-refractivity contribution < 1.29 is 19.4 Å². The molecule has 7 nitrogen and oxygen atoms in total. The highest BCUT2D eigenvalue weighted by molar-refractivity contribution is 7.98. The van der Waals surface area contributed by atoms with E-state index in [0.717, 1.165) is 40.1 Å². The van der Waals surface area contributed by atoms with E-state index in [9.17, 15) is 14.7 Å². The molecule has 0 spiro atoms. The summed E-state index contributed by atoms with van der Waals surface area (Å²) in [5.74, 6) is -0.320. The van der Waals surface area contributed by atoms with Gasteiger partial charge in [-0.1, -0.05) is 55.5 Å². The van der Waals surface area contributed by atoms with Crippen molar-refractivity contribution in [3.63, 3.8) is 0 Å². The molecule has 2 aromatic carbocycles. The lowest BCUT2D eigenvalue weighted by Gasteiger charge is -2.17. The fourth-order valence-corrected chi connectivity index (χ4v) is 5.18. The normalized spacial score (nSPS) is 13.3. The highest BCUT2D eigenvalue weighted by Gasteiger charge is 2.29. The summed E-state index contributed by atoms with van der Waals surface area (Å²) >= 11 is 1.44. The molecule has 0 saturated heterocycles.